The van der Waals surface area contributed by atoms with Gasteiger partial charge in [-0.25, -0.2) is 40.8 Å². The Kier molecular flexibility index (Phi) is 13.1. The molecule has 4 N–H and O–H groups in total. The zero-order valence-electron chi connectivity index (χ0n) is 40.5. The second kappa shape index (κ2) is 18.6. The molecular weight excluding hydrogens is 929 g/mol. The number of ether oxygens (including phenoxy) is 1. The topological polar surface area (TPSA) is 211 Å². The predicted octanol–water partition coefficient (Wildman–Crippen LogP) is 7.00. The quantitative estimate of drug-likeness (QED) is 0.0833. The lowest BCUT2D eigenvalue weighted by atomic mass is 9.69. The van der Waals surface area contributed by atoms with Crippen molar-refractivity contribution in [2.45, 2.75) is 100 Å². The van der Waals surface area contributed by atoms with Crippen molar-refractivity contribution >= 4 is 43.3 Å². The molecule has 2 unspecified atom stereocenters. The van der Waals surface area contributed by atoms with Gasteiger partial charge < -0.3 is 25.2 Å². The molecule has 9 rings (SSSR count). The average molecular weight is 992 g/mol. The lowest BCUT2D eigenvalue weighted by Crippen LogP contribution is -2.62. The molecule has 4 fully saturated rings. The largest absolute Gasteiger partial charge is 0.481 e. The molecule has 18 nitrogen and oxygen atoms in total. The fourth-order valence-electron chi connectivity index (χ4n) is 11.3. The maximum Gasteiger partial charge on any atom is 0.278 e. The molecule has 0 saturated carbocycles. The van der Waals surface area contributed by atoms with Gasteiger partial charge >= 0.3 is 0 Å². The summed E-state index contributed by atoms with van der Waals surface area (Å²) in [6, 6.07) is 9.24. The SMILES string of the molecule is COc1cc(-c2cc(F)cc(C(C)C)c2Nc2n[nH]c(S(=O)(=O)N3CC4(CN(C)CC4CC(C)c4cc(F)cc(C(C)C)c4Nc4n[nH]c(S(=O)(=O)N5CCC6(CCCN6C)CC5)n4)C3)n2)ccn1. The lowest BCUT2D eigenvalue weighted by Gasteiger charge is -2.50. The minimum absolute atomic E-state index is 0.00212. The van der Waals surface area contributed by atoms with E-state index in [-0.39, 0.29) is 69.9 Å². The summed E-state index contributed by atoms with van der Waals surface area (Å²) in [5, 5.41) is 19.7. The van der Waals surface area contributed by atoms with Gasteiger partial charge in [0.15, 0.2) is 0 Å². The van der Waals surface area contributed by atoms with E-state index in [1.54, 1.807) is 18.3 Å². The third-order valence-corrected chi connectivity index (χ3v) is 18.4. The number of nitrogens with zero attached hydrogens (tertiary/aromatic N) is 9. The van der Waals surface area contributed by atoms with Gasteiger partial charge in [-0.1, -0.05) is 34.6 Å². The van der Waals surface area contributed by atoms with Crippen molar-refractivity contribution in [3.63, 3.8) is 0 Å². The van der Waals surface area contributed by atoms with Gasteiger partial charge in [0.05, 0.1) is 12.8 Å². The van der Waals surface area contributed by atoms with E-state index >= 15 is 8.78 Å². The van der Waals surface area contributed by atoms with Gasteiger partial charge in [-0.05, 0) is 129 Å². The molecule has 0 radical (unpaired) electrons. The average Bonchev–Trinajstić information content (AvgIpc) is 4.11. The molecule has 4 aliphatic heterocycles. The van der Waals surface area contributed by atoms with Crippen molar-refractivity contribution in [1.29, 1.82) is 0 Å². The van der Waals surface area contributed by atoms with Crippen molar-refractivity contribution in [1.82, 2.24) is 53.8 Å². The van der Waals surface area contributed by atoms with Crippen LogP contribution in [0.4, 0.5) is 32.1 Å². The summed E-state index contributed by atoms with van der Waals surface area (Å²) in [6.45, 7) is 13.5. The van der Waals surface area contributed by atoms with E-state index in [9.17, 15) is 16.8 Å². The summed E-state index contributed by atoms with van der Waals surface area (Å²) in [5.74, 6) is -0.805. The van der Waals surface area contributed by atoms with E-state index in [2.05, 4.69) is 62.8 Å². The number of anilines is 4. The highest BCUT2D eigenvalue weighted by atomic mass is 32.2. The Morgan fingerprint density at radius 1 is 0.768 bits per heavy atom. The number of hydrogen-bond acceptors (Lipinski definition) is 14. The number of pyridine rings is 1. The first kappa shape index (κ1) is 48.9. The number of likely N-dealkylation sites (tertiary alicyclic amines) is 2. The molecule has 69 heavy (non-hydrogen) atoms. The van der Waals surface area contributed by atoms with Crippen molar-refractivity contribution in [3.05, 3.63) is 70.9 Å². The summed E-state index contributed by atoms with van der Waals surface area (Å²) in [4.78, 5) is 17.6. The van der Waals surface area contributed by atoms with Crippen LogP contribution in [0.2, 0.25) is 0 Å². The Balaban J connectivity index is 0.907. The van der Waals surface area contributed by atoms with Gasteiger partial charge in [0.2, 0.25) is 17.8 Å². The molecule has 22 heteroatoms. The number of aromatic nitrogens is 7. The van der Waals surface area contributed by atoms with Crippen LogP contribution in [0, 0.1) is 23.0 Å². The molecular formula is C47H63F2N13O5S2. The monoisotopic (exact) mass is 991 g/mol. The Morgan fingerprint density at radius 3 is 1.94 bits per heavy atom. The number of halogens is 2. The number of rotatable bonds is 15. The maximum absolute atomic E-state index is 15.6. The molecule has 372 valence electrons. The number of hydrogen-bond donors (Lipinski definition) is 4. The van der Waals surface area contributed by atoms with Crippen molar-refractivity contribution in [2.24, 2.45) is 11.3 Å². The zero-order valence-corrected chi connectivity index (χ0v) is 42.1. The van der Waals surface area contributed by atoms with Crippen LogP contribution in [0.25, 0.3) is 11.1 Å². The van der Waals surface area contributed by atoms with Crippen LogP contribution < -0.4 is 15.4 Å². The maximum atomic E-state index is 15.6. The minimum atomic E-state index is -4.11. The van der Waals surface area contributed by atoms with E-state index in [1.165, 1.54) is 40.0 Å². The fourth-order valence-corrected chi connectivity index (χ4v) is 14.0. The Hall–Kier alpha value is -5.13. The molecule has 2 aromatic carbocycles. The number of aromatic amines is 2. The van der Waals surface area contributed by atoms with Crippen LogP contribution >= 0.6 is 0 Å². The van der Waals surface area contributed by atoms with Crippen LogP contribution in [0.1, 0.15) is 101 Å². The highest BCUT2D eigenvalue weighted by Crippen LogP contribution is 2.50. The third kappa shape index (κ3) is 9.23. The number of piperidine rings is 1. The predicted molar refractivity (Wildman–Crippen MR) is 258 cm³/mol. The molecule has 7 heterocycles. The molecule has 0 bridgehead atoms. The van der Waals surface area contributed by atoms with Crippen LogP contribution in [0.15, 0.2) is 52.9 Å². The van der Waals surface area contributed by atoms with E-state index in [4.69, 9.17) is 4.74 Å². The van der Waals surface area contributed by atoms with Crippen molar-refractivity contribution in [3.8, 4) is 17.0 Å². The van der Waals surface area contributed by atoms with E-state index in [0.29, 0.717) is 77.7 Å². The molecule has 4 aliphatic rings. The first-order valence-corrected chi connectivity index (χ1v) is 26.6. The van der Waals surface area contributed by atoms with Crippen molar-refractivity contribution < 1.29 is 30.4 Å². The standard InChI is InChI=1S/C47H63F2N13O5S2/c1-28(2)35-20-33(48)22-37(40(35)51-42-53-44(57-55-42)68(63,64)61-16-12-47(13-17-61)11-9-15-60(47)7)30(5)18-32-24-59(6)25-46(32)26-62(27-46)69(65,66)45-54-43(56-58-45)52-41-36(29(3)4)21-34(49)23-38(41)31-10-14-50-39(19-31)67-8/h10,14,19-23,28-30,32H,9,11-13,15-18,24-27H2,1-8H3,(H2,51,53,55,57)(H2,52,54,56,58). The molecule has 3 aromatic heterocycles. The van der Waals surface area contributed by atoms with Crippen LogP contribution in [0.3, 0.4) is 0 Å². The summed E-state index contributed by atoms with van der Waals surface area (Å²) in [6.07, 6.45) is 5.88. The van der Waals surface area contributed by atoms with Crippen molar-refractivity contribution in [2.75, 3.05) is 77.7 Å². The normalized spacial score (nSPS) is 20.6. The second-order valence-corrected chi connectivity index (χ2v) is 24.0. The number of benzene rings is 2. The fraction of sp³-hybridized carbons (Fsp3) is 0.553. The number of nitrogens with one attached hydrogen (secondary N) is 4. The number of methoxy groups -OCH3 is 1. The molecule has 2 spiro atoms. The van der Waals surface area contributed by atoms with Gasteiger partial charge in [0.1, 0.15) is 11.6 Å². The van der Waals surface area contributed by atoms with E-state index in [0.717, 1.165) is 32.2 Å². The lowest BCUT2D eigenvalue weighted by molar-refractivity contribution is 0.0348. The summed E-state index contributed by atoms with van der Waals surface area (Å²) >= 11 is 0. The first-order chi connectivity index (χ1) is 32.7. The molecule has 0 amide bonds. The Morgan fingerprint density at radius 2 is 1.35 bits per heavy atom. The third-order valence-electron chi connectivity index (χ3n) is 15.1. The van der Waals surface area contributed by atoms with E-state index in [1.807, 2.05) is 41.7 Å². The van der Waals surface area contributed by atoms with Gasteiger partial charge in [-0.15, -0.1) is 10.2 Å². The second-order valence-electron chi connectivity index (χ2n) is 20.3. The van der Waals surface area contributed by atoms with Gasteiger partial charge in [0.25, 0.3) is 30.4 Å². The highest BCUT2D eigenvalue weighted by molar-refractivity contribution is 7.89. The van der Waals surface area contributed by atoms with Gasteiger partial charge in [-0.3, -0.25) is 0 Å². The summed E-state index contributed by atoms with van der Waals surface area (Å²) in [7, 11) is -2.42. The zero-order chi connectivity index (χ0) is 49.2. The summed E-state index contributed by atoms with van der Waals surface area (Å²) < 4.78 is 94.8. The minimum Gasteiger partial charge on any atom is -0.481 e. The molecule has 4 saturated heterocycles. The van der Waals surface area contributed by atoms with Gasteiger partial charge in [-0.2, -0.15) is 18.6 Å². The first-order valence-electron chi connectivity index (χ1n) is 23.7. The van der Waals surface area contributed by atoms with Crippen LogP contribution in [-0.2, 0) is 20.0 Å². The highest BCUT2D eigenvalue weighted by Gasteiger charge is 2.57. The van der Waals surface area contributed by atoms with Crippen LogP contribution in [0.5, 0.6) is 5.88 Å². The molecule has 0 aliphatic carbocycles. The summed E-state index contributed by atoms with van der Waals surface area (Å²) in [5.41, 5.74) is 3.96. The Bertz CT molecular complexity index is 2930. The Labute approximate surface area is 403 Å². The van der Waals surface area contributed by atoms with Crippen LogP contribution in [-0.4, -0.2) is 143 Å². The smallest absolute Gasteiger partial charge is 0.278 e. The van der Waals surface area contributed by atoms with E-state index < -0.39 is 31.7 Å². The molecule has 5 aromatic rings. The van der Waals surface area contributed by atoms with Gasteiger partial charge in [0, 0.05) is 73.7 Å². The number of sulfonamides is 2. The number of H-pyrrole nitrogens is 2. The molecule has 2 atom stereocenters.